The SMILES string of the molecule is COC1(N2C=CC=CC2N)CCNCC1C(=O)c1ncccc1OCC1CC(C(F)(F)F)C1. The molecular weight excluding hydrogens is 437 g/mol. The second kappa shape index (κ2) is 9.44. The third-order valence-electron chi connectivity index (χ3n) is 6.82. The molecule has 3 N–H and O–H groups in total. The number of nitrogens with two attached hydrogens (primary N) is 1. The topological polar surface area (TPSA) is 89.7 Å². The number of hydrogen-bond acceptors (Lipinski definition) is 7. The number of hydrogen-bond donors (Lipinski definition) is 2. The monoisotopic (exact) mass is 466 g/mol. The number of allylic oxidation sites excluding steroid dienone is 2. The summed E-state index contributed by atoms with van der Waals surface area (Å²) in [5, 5.41) is 3.25. The van der Waals surface area contributed by atoms with E-state index in [1.807, 2.05) is 29.3 Å². The highest BCUT2D eigenvalue weighted by Crippen LogP contribution is 2.45. The van der Waals surface area contributed by atoms with E-state index < -0.39 is 29.9 Å². The Bertz CT molecular complexity index is 916. The smallest absolute Gasteiger partial charge is 0.391 e. The predicted molar refractivity (Wildman–Crippen MR) is 115 cm³/mol. The molecule has 1 aromatic rings. The van der Waals surface area contributed by atoms with Gasteiger partial charge in [-0.05, 0) is 49.6 Å². The molecule has 180 valence electrons. The van der Waals surface area contributed by atoms with Crippen molar-refractivity contribution in [1.29, 1.82) is 0 Å². The number of nitrogens with zero attached hydrogens (tertiary/aromatic N) is 2. The van der Waals surface area contributed by atoms with Gasteiger partial charge in [0.25, 0.3) is 0 Å². The van der Waals surface area contributed by atoms with E-state index in [4.69, 9.17) is 15.2 Å². The van der Waals surface area contributed by atoms with Crippen molar-refractivity contribution in [2.45, 2.75) is 37.3 Å². The van der Waals surface area contributed by atoms with E-state index in [-0.39, 0.29) is 42.6 Å². The van der Waals surface area contributed by atoms with Gasteiger partial charge >= 0.3 is 6.18 Å². The largest absolute Gasteiger partial charge is 0.491 e. The summed E-state index contributed by atoms with van der Waals surface area (Å²) in [5.41, 5.74) is 5.46. The molecule has 2 aliphatic heterocycles. The highest BCUT2D eigenvalue weighted by molar-refractivity contribution is 5.99. The number of nitrogens with one attached hydrogen (secondary N) is 1. The summed E-state index contributed by atoms with van der Waals surface area (Å²) >= 11 is 0. The van der Waals surface area contributed by atoms with Crippen molar-refractivity contribution in [2.24, 2.45) is 23.5 Å². The number of carbonyl (C=O) groups is 1. The van der Waals surface area contributed by atoms with Crippen molar-refractivity contribution in [3.05, 3.63) is 48.5 Å². The van der Waals surface area contributed by atoms with Crippen molar-refractivity contribution in [1.82, 2.24) is 15.2 Å². The molecule has 0 aromatic carbocycles. The summed E-state index contributed by atoms with van der Waals surface area (Å²) < 4.78 is 50.1. The van der Waals surface area contributed by atoms with Crippen LogP contribution in [0.2, 0.25) is 0 Å². The molecule has 0 radical (unpaired) electrons. The molecule has 1 aromatic heterocycles. The number of piperidine rings is 1. The second-order valence-electron chi connectivity index (χ2n) is 8.78. The number of pyridine rings is 1. The minimum Gasteiger partial charge on any atom is -0.491 e. The zero-order valence-electron chi connectivity index (χ0n) is 18.4. The second-order valence-corrected chi connectivity index (χ2v) is 8.78. The molecule has 0 bridgehead atoms. The van der Waals surface area contributed by atoms with Gasteiger partial charge in [0.15, 0.2) is 11.5 Å². The molecule has 3 atom stereocenters. The van der Waals surface area contributed by atoms with Gasteiger partial charge < -0.3 is 25.4 Å². The Labute approximate surface area is 190 Å². The first-order valence-electron chi connectivity index (χ1n) is 11.1. The van der Waals surface area contributed by atoms with E-state index in [9.17, 15) is 18.0 Å². The Hall–Kier alpha value is -2.43. The fourth-order valence-electron chi connectivity index (χ4n) is 4.90. The van der Waals surface area contributed by atoms with E-state index >= 15 is 0 Å². The van der Waals surface area contributed by atoms with Crippen LogP contribution in [-0.2, 0) is 4.74 Å². The first-order valence-corrected chi connectivity index (χ1v) is 11.1. The number of methoxy groups -OCH3 is 1. The van der Waals surface area contributed by atoms with Gasteiger partial charge in [-0.3, -0.25) is 4.79 Å². The molecule has 33 heavy (non-hydrogen) atoms. The lowest BCUT2D eigenvalue weighted by Crippen LogP contribution is -2.65. The normalized spacial score (nSPS) is 31.8. The van der Waals surface area contributed by atoms with Gasteiger partial charge in [0, 0.05) is 32.5 Å². The van der Waals surface area contributed by atoms with Crippen LogP contribution in [0.1, 0.15) is 29.8 Å². The summed E-state index contributed by atoms with van der Waals surface area (Å²) in [4.78, 5) is 19.9. The number of aromatic nitrogens is 1. The molecule has 3 aliphatic rings. The van der Waals surface area contributed by atoms with E-state index in [1.165, 1.54) is 6.20 Å². The maximum Gasteiger partial charge on any atom is 0.391 e. The average molecular weight is 467 g/mol. The van der Waals surface area contributed by atoms with Gasteiger partial charge in [0.05, 0.1) is 24.6 Å². The molecule has 0 spiro atoms. The molecule has 1 saturated carbocycles. The number of Topliss-reactive ketones (excluding diaryl/α,β-unsaturated/α-hetero) is 1. The van der Waals surface area contributed by atoms with Gasteiger partial charge in [0.2, 0.25) is 0 Å². The van der Waals surface area contributed by atoms with Crippen LogP contribution in [0.3, 0.4) is 0 Å². The Morgan fingerprint density at radius 3 is 2.85 bits per heavy atom. The quantitative estimate of drug-likeness (QED) is 0.598. The lowest BCUT2D eigenvalue weighted by molar-refractivity contribution is -0.206. The van der Waals surface area contributed by atoms with Crippen LogP contribution in [0.15, 0.2) is 42.8 Å². The van der Waals surface area contributed by atoms with Gasteiger partial charge in [-0.15, -0.1) is 0 Å². The number of carbonyl (C=O) groups excluding carboxylic acids is 1. The van der Waals surface area contributed by atoms with Gasteiger partial charge in [-0.2, -0.15) is 13.2 Å². The highest BCUT2D eigenvalue weighted by atomic mass is 19.4. The maximum atomic E-state index is 13.7. The van der Waals surface area contributed by atoms with Gasteiger partial charge in [0.1, 0.15) is 11.4 Å². The van der Waals surface area contributed by atoms with E-state index in [2.05, 4.69) is 10.3 Å². The molecular formula is C23H29F3N4O3. The van der Waals surface area contributed by atoms with Crippen LogP contribution in [0.5, 0.6) is 5.75 Å². The van der Waals surface area contributed by atoms with Crippen LogP contribution >= 0.6 is 0 Å². The first-order chi connectivity index (χ1) is 15.8. The summed E-state index contributed by atoms with van der Waals surface area (Å²) in [6.07, 6.45) is 4.82. The minimum absolute atomic E-state index is 0.0407. The molecule has 1 aliphatic carbocycles. The first kappa shape index (κ1) is 23.7. The number of ether oxygens (including phenoxy) is 2. The molecule has 1 saturated heterocycles. The molecule has 2 fully saturated rings. The van der Waals surface area contributed by atoms with Crippen molar-refractivity contribution in [3.63, 3.8) is 0 Å². The lowest BCUT2D eigenvalue weighted by Gasteiger charge is -2.51. The predicted octanol–water partition coefficient (Wildman–Crippen LogP) is 2.85. The van der Waals surface area contributed by atoms with E-state index in [0.717, 1.165) is 0 Å². The summed E-state index contributed by atoms with van der Waals surface area (Å²) in [5.74, 6) is -2.09. The molecule has 7 nitrogen and oxygen atoms in total. The van der Waals surface area contributed by atoms with Crippen LogP contribution in [0.25, 0.3) is 0 Å². The highest BCUT2D eigenvalue weighted by Gasteiger charge is 2.51. The summed E-state index contributed by atoms with van der Waals surface area (Å²) in [7, 11) is 1.56. The van der Waals surface area contributed by atoms with Crippen LogP contribution in [0.4, 0.5) is 13.2 Å². The third kappa shape index (κ3) is 4.64. The van der Waals surface area contributed by atoms with Crippen molar-refractivity contribution in [2.75, 3.05) is 26.8 Å². The maximum absolute atomic E-state index is 13.7. The number of alkyl halides is 3. The minimum atomic E-state index is -4.16. The fourth-order valence-corrected chi connectivity index (χ4v) is 4.90. The van der Waals surface area contributed by atoms with Crippen LogP contribution in [-0.4, -0.2) is 60.5 Å². The van der Waals surface area contributed by atoms with Crippen molar-refractivity contribution >= 4 is 5.78 Å². The van der Waals surface area contributed by atoms with E-state index in [1.54, 1.807) is 19.2 Å². The van der Waals surface area contributed by atoms with Gasteiger partial charge in [-0.1, -0.05) is 6.08 Å². The molecule has 3 heterocycles. The fraction of sp³-hybridized carbons (Fsp3) is 0.565. The van der Waals surface area contributed by atoms with E-state index in [0.29, 0.717) is 19.5 Å². The van der Waals surface area contributed by atoms with Crippen molar-refractivity contribution in [3.8, 4) is 5.75 Å². The Kier molecular flexibility index (Phi) is 6.78. The summed E-state index contributed by atoms with van der Waals surface area (Å²) in [6.45, 7) is 1.12. The third-order valence-corrected chi connectivity index (χ3v) is 6.82. The zero-order valence-corrected chi connectivity index (χ0v) is 18.4. The Morgan fingerprint density at radius 1 is 1.36 bits per heavy atom. The molecule has 3 unspecified atom stereocenters. The molecule has 0 amide bonds. The Morgan fingerprint density at radius 2 is 2.15 bits per heavy atom. The number of rotatable bonds is 7. The Balaban J connectivity index is 1.52. The summed E-state index contributed by atoms with van der Waals surface area (Å²) in [6, 6.07) is 3.27. The standard InChI is InChI=1S/C23H29F3N4O3/c1-32-22(30-10-3-2-6-19(30)27)7-9-28-13-17(22)21(31)20-18(5-4-8-29-20)33-14-15-11-16(12-15)23(24,25)26/h2-6,8,10,15-17,19,28H,7,9,11-14,27H2,1H3. The molecule has 10 heteroatoms. The number of halogens is 3. The van der Waals surface area contributed by atoms with Crippen molar-refractivity contribution < 1.29 is 27.4 Å². The van der Waals surface area contributed by atoms with Crippen LogP contribution in [0, 0.1) is 17.8 Å². The number of ketones is 1. The van der Waals surface area contributed by atoms with Gasteiger partial charge in [-0.25, -0.2) is 4.98 Å². The zero-order chi connectivity index (χ0) is 23.6. The lowest BCUT2D eigenvalue weighted by atomic mass is 9.75. The van der Waals surface area contributed by atoms with Crippen LogP contribution < -0.4 is 15.8 Å². The molecule has 4 rings (SSSR count). The average Bonchev–Trinajstić information content (AvgIpc) is 2.77.